The van der Waals surface area contributed by atoms with Crippen molar-refractivity contribution >= 4 is 37.5 Å². The van der Waals surface area contributed by atoms with Gasteiger partial charge in [0.05, 0.1) is 0 Å². The van der Waals surface area contributed by atoms with E-state index in [-0.39, 0.29) is 0 Å². The van der Waals surface area contributed by atoms with Crippen LogP contribution in [-0.4, -0.2) is 6.04 Å². The number of halogens is 2. The van der Waals surface area contributed by atoms with Crippen molar-refractivity contribution < 1.29 is 0 Å². The Morgan fingerprint density at radius 3 is 2.24 bits per heavy atom. The number of nitrogens with one attached hydrogen (secondary N) is 1. The molecule has 21 heavy (non-hydrogen) atoms. The molecule has 1 fully saturated rings. The van der Waals surface area contributed by atoms with Gasteiger partial charge in [-0.2, -0.15) is 0 Å². The monoisotopic (exact) mass is 407 g/mol. The Kier molecular flexibility index (Phi) is 4.41. The largest absolute Gasteiger partial charge is 0.382 e. The predicted molar refractivity (Wildman–Crippen MR) is 97.1 cm³/mol. The minimum absolute atomic E-state index is 0.590. The summed E-state index contributed by atoms with van der Waals surface area (Å²) in [5.41, 5.74) is 5.38. The van der Waals surface area contributed by atoms with Gasteiger partial charge in [-0.25, -0.2) is 0 Å². The molecule has 0 atom stereocenters. The highest BCUT2D eigenvalue weighted by atomic mass is 79.9. The molecule has 0 bridgehead atoms. The molecule has 0 spiro atoms. The summed E-state index contributed by atoms with van der Waals surface area (Å²) in [5.74, 6) is 0.691. The van der Waals surface area contributed by atoms with Crippen LogP contribution in [0.1, 0.15) is 35.4 Å². The van der Waals surface area contributed by atoms with E-state index in [4.69, 9.17) is 0 Å². The zero-order valence-corrected chi connectivity index (χ0v) is 15.5. The molecule has 3 heteroatoms. The molecule has 0 saturated heterocycles. The molecule has 1 saturated carbocycles. The second-order valence-corrected chi connectivity index (χ2v) is 7.81. The standard InChI is InChI=1S/C18H19Br2N/c1-11-6-16(20)7-12(2)18(11)21-17-9-14(10-17)13-4-3-5-15(19)8-13/h3-8,14,17,21H,9-10H2,1-2H3. The number of hydrogen-bond donors (Lipinski definition) is 1. The average molecular weight is 409 g/mol. The third kappa shape index (κ3) is 3.35. The first-order chi connectivity index (χ1) is 10.0. The van der Waals surface area contributed by atoms with Crippen molar-refractivity contribution in [1.82, 2.24) is 0 Å². The van der Waals surface area contributed by atoms with Crippen LogP contribution in [0.15, 0.2) is 45.3 Å². The van der Waals surface area contributed by atoms with E-state index in [9.17, 15) is 0 Å². The molecule has 0 amide bonds. The second kappa shape index (κ2) is 6.13. The van der Waals surface area contributed by atoms with E-state index >= 15 is 0 Å². The van der Waals surface area contributed by atoms with Crippen LogP contribution in [0, 0.1) is 13.8 Å². The number of hydrogen-bond acceptors (Lipinski definition) is 1. The van der Waals surface area contributed by atoms with Crippen LogP contribution in [0.5, 0.6) is 0 Å². The molecule has 0 heterocycles. The smallest absolute Gasteiger partial charge is 0.0402 e. The van der Waals surface area contributed by atoms with E-state index in [2.05, 4.69) is 87.4 Å². The average Bonchev–Trinajstić information content (AvgIpc) is 2.35. The maximum Gasteiger partial charge on any atom is 0.0402 e. The van der Waals surface area contributed by atoms with Crippen molar-refractivity contribution in [2.24, 2.45) is 0 Å². The maximum absolute atomic E-state index is 3.72. The first-order valence-corrected chi connectivity index (χ1v) is 8.90. The molecule has 0 aromatic heterocycles. The fourth-order valence-corrected chi connectivity index (χ4v) is 4.21. The van der Waals surface area contributed by atoms with Gasteiger partial charge in [-0.05, 0) is 73.6 Å². The molecule has 0 radical (unpaired) electrons. The minimum Gasteiger partial charge on any atom is -0.382 e. The Morgan fingerprint density at radius 2 is 1.62 bits per heavy atom. The Labute approximate surface area is 143 Å². The van der Waals surface area contributed by atoms with Crippen LogP contribution >= 0.6 is 31.9 Å². The maximum atomic E-state index is 3.72. The fraction of sp³-hybridized carbons (Fsp3) is 0.333. The molecule has 1 N–H and O–H groups in total. The predicted octanol–water partition coefficient (Wildman–Crippen LogP) is 6.19. The van der Waals surface area contributed by atoms with Crippen LogP contribution in [0.2, 0.25) is 0 Å². The van der Waals surface area contributed by atoms with E-state index < -0.39 is 0 Å². The quantitative estimate of drug-likeness (QED) is 0.638. The van der Waals surface area contributed by atoms with Crippen molar-refractivity contribution in [1.29, 1.82) is 0 Å². The summed E-state index contributed by atoms with van der Waals surface area (Å²) in [7, 11) is 0. The lowest BCUT2D eigenvalue weighted by atomic mass is 9.75. The van der Waals surface area contributed by atoms with Gasteiger partial charge in [0.15, 0.2) is 0 Å². The van der Waals surface area contributed by atoms with E-state index in [0.717, 1.165) is 4.47 Å². The zero-order valence-electron chi connectivity index (χ0n) is 12.3. The van der Waals surface area contributed by atoms with E-state index in [0.29, 0.717) is 12.0 Å². The van der Waals surface area contributed by atoms with Crippen LogP contribution < -0.4 is 5.32 Å². The summed E-state index contributed by atoms with van der Waals surface area (Å²) in [6.45, 7) is 4.34. The third-order valence-electron chi connectivity index (χ3n) is 4.30. The highest BCUT2D eigenvalue weighted by molar-refractivity contribution is 9.10. The van der Waals surface area contributed by atoms with E-state index in [1.54, 1.807) is 0 Å². The van der Waals surface area contributed by atoms with Crippen molar-refractivity contribution in [3.63, 3.8) is 0 Å². The van der Waals surface area contributed by atoms with Gasteiger partial charge in [-0.15, -0.1) is 0 Å². The van der Waals surface area contributed by atoms with Crippen molar-refractivity contribution in [3.05, 3.63) is 62.0 Å². The van der Waals surface area contributed by atoms with Gasteiger partial charge in [0.1, 0.15) is 0 Å². The molecule has 1 nitrogen and oxygen atoms in total. The summed E-state index contributed by atoms with van der Waals surface area (Å²) >= 11 is 7.12. The van der Waals surface area contributed by atoms with Crippen molar-refractivity contribution in [2.75, 3.05) is 5.32 Å². The summed E-state index contributed by atoms with van der Waals surface area (Å²) in [6.07, 6.45) is 2.43. The van der Waals surface area contributed by atoms with Gasteiger partial charge >= 0.3 is 0 Å². The highest BCUT2D eigenvalue weighted by Crippen LogP contribution is 2.40. The first-order valence-electron chi connectivity index (χ1n) is 7.31. The van der Waals surface area contributed by atoms with Crippen LogP contribution in [0.4, 0.5) is 5.69 Å². The molecule has 2 aromatic carbocycles. The zero-order chi connectivity index (χ0) is 15.0. The van der Waals surface area contributed by atoms with Gasteiger partial charge in [-0.3, -0.25) is 0 Å². The molecule has 0 unspecified atom stereocenters. The number of benzene rings is 2. The molecule has 0 aliphatic heterocycles. The summed E-state index contributed by atoms with van der Waals surface area (Å²) in [6, 6.07) is 13.7. The van der Waals surface area contributed by atoms with E-state index in [1.807, 2.05) is 0 Å². The SMILES string of the molecule is Cc1cc(Br)cc(C)c1NC1CC(c2cccc(Br)c2)C1. The van der Waals surface area contributed by atoms with E-state index in [1.165, 1.54) is 39.7 Å². The topological polar surface area (TPSA) is 12.0 Å². The highest BCUT2D eigenvalue weighted by Gasteiger charge is 2.30. The molecule has 1 aliphatic rings. The Morgan fingerprint density at radius 1 is 0.952 bits per heavy atom. The lowest BCUT2D eigenvalue weighted by molar-refractivity contribution is 0.374. The lowest BCUT2D eigenvalue weighted by Crippen LogP contribution is -2.34. The van der Waals surface area contributed by atoms with Gasteiger partial charge < -0.3 is 5.32 Å². The first kappa shape index (κ1) is 15.1. The molecule has 110 valence electrons. The molecular weight excluding hydrogens is 390 g/mol. The number of rotatable bonds is 3. The second-order valence-electron chi connectivity index (χ2n) is 5.98. The van der Waals surface area contributed by atoms with Crippen LogP contribution in [-0.2, 0) is 0 Å². The summed E-state index contributed by atoms with van der Waals surface area (Å²) < 4.78 is 2.33. The van der Waals surface area contributed by atoms with Gasteiger partial charge in [0.25, 0.3) is 0 Å². The molecule has 3 rings (SSSR count). The molecule has 1 aliphatic carbocycles. The Balaban J connectivity index is 1.65. The minimum atomic E-state index is 0.590. The summed E-state index contributed by atoms with van der Waals surface area (Å²) in [4.78, 5) is 0. The van der Waals surface area contributed by atoms with Gasteiger partial charge in [0.2, 0.25) is 0 Å². The Hall–Kier alpha value is -0.800. The molecule has 2 aromatic rings. The fourth-order valence-electron chi connectivity index (χ4n) is 3.11. The third-order valence-corrected chi connectivity index (χ3v) is 5.26. The lowest BCUT2D eigenvalue weighted by Gasteiger charge is -2.37. The van der Waals surface area contributed by atoms with Crippen molar-refractivity contribution in [2.45, 2.75) is 38.6 Å². The van der Waals surface area contributed by atoms with Crippen molar-refractivity contribution in [3.8, 4) is 0 Å². The number of anilines is 1. The van der Waals surface area contributed by atoms with Crippen LogP contribution in [0.3, 0.4) is 0 Å². The van der Waals surface area contributed by atoms with Gasteiger partial charge in [-0.1, -0.05) is 44.0 Å². The van der Waals surface area contributed by atoms with Crippen LogP contribution in [0.25, 0.3) is 0 Å². The number of aryl methyl sites for hydroxylation is 2. The van der Waals surface area contributed by atoms with Gasteiger partial charge in [0, 0.05) is 20.7 Å². The molecular formula is C18H19Br2N. The normalized spacial score (nSPS) is 21.0. The Bertz CT molecular complexity index is 637. The summed E-state index contributed by atoms with van der Waals surface area (Å²) in [5, 5.41) is 3.72.